The van der Waals surface area contributed by atoms with E-state index < -0.39 is 0 Å². The molecular formula is C14H23N3. The lowest BCUT2D eigenvalue weighted by Crippen LogP contribution is -2.45. The molecule has 17 heavy (non-hydrogen) atoms. The average Bonchev–Trinajstić information content (AvgIpc) is 2.71. The van der Waals surface area contributed by atoms with Crippen LogP contribution in [0.2, 0.25) is 0 Å². The lowest BCUT2D eigenvalue weighted by Gasteiger charge is -2.39. The fourth-order valence-electron chi connectivity index (χ4n) is 3.49. The van der Waals surface area contributed by atoms with Crippen molar-refractivity contribution in [1.29, 1.82) is 0 Å². The van der Waals surface area contributed by atoms with Gasteiger partial charge in [0.15, 0.2) is 0 Å². The van der Waals surface area contributed by atoms with E-state index >= 15 is 0 Å². The minimum Gasteiger partial charge on any atom is -0.347 e. The lowest BCUT2D eigenvalue weighted by molar-refractivity contribution is 0.159. The Morgan fingerprint density at radius 2 is 2.24 bits per heavy atom. The topological polar surface area (TPSA) is 20.2 Å². The fourth-order valence-corrected chi connectivity index (χ4v) is 3.49. The summed E-state index contributed by atoms with van der Waals surface area (Å²) < 4.78 is 2.53. The Hall–Kier alpha value is -0.800. The Kier molecular flexibility index (Phi) is 2.97. The first kappa shape index (κ1) is 11.3. The van der Waals surface area contributed by atoms with Crippen molar-refractivity contribution < 1.29 is 0 Å². The van der Waals surface area contributed by atoms with Crippen molar-refractivity contribution in [3.8, 4) is 0 Å². The summed E-state index contributed by atoms with van der Waals surface area (Å²) in [4.78, 5) is 2.39. The van der Waals surface area contributed by atoms with Gasteiger partial charge in [-0.15, -0.1) is 0 Å². The highest BCUT2D eigenvalue weighted by molar-refractivity contribution is 5.13. The molecule has 94 valence electrons. The Morgan fingerprint density at radius 1 is 1.35 bits per heavy atom. The maximum Gasteiger partial charge on any atom is 0.0501 e. The molecule has 1 fully saturated rings. The molecule has 3 atom stereocenters. The molecular weight excluding hydrogens is 210 g/mol. The van der Waals surface area contributed by atoms with Gasteiger partial charge in [-0.05, 0) is 45.5 Å². The van der Waals surface area contributed by atoms with Crippen LogP contribution in [0.5, 0.6) is 0 Å². The zero-order valence-electron chi connectivity index (χ0n) is 10.9. The number of fused-ring (bicyclic) bond motifs is 3. The highest BCUT2D eigenvalue weighted by Crippen LogP contribution is 2.33. The molecule has 1 N–H and O–H groups in total. The minimum atomic E-state index is 0.656. The minimum absolute atomic E-state index is 0.656. The van der Waals surface area contributed by atoms with Crippen LogP contribution in [0, 0.1) is 0 Å². The van der Waals surface area contributed by atoms with E-state index in [4.69, 9.17) is 0 Å². The highest BCUT2D eigenvalue weighted by atomic mass is 15.1. The van der Waals surface area contributed by atoms with E-state index in [9.17, 15) is 0 Å². The summed E-state index contributed by atoms with van der Waals surface area (Å²) in [5.74, 6) is 0. The van der Waals surface area contributed by atoms with Crippen LogP contribution < -0.4 is 5.32 Å². The largest absolute Gasteiger partial charge is 0.347 e. The summed E-state index contributed by atoms with van der Waals surface area (Å²) in [6.45, 7) is 1.14. The van der Waals surface area contributed by atoms with E-state index in [0.29, 0.717) is 12.1 Å². The first-order chi connectivity index (χ1) is 8.25. The molecule has 3 heteroatoms. The number of nitrogens with one attached hydrogen (secondary N) is 1. The molecule has 1 aromatic heterocycles. The Morgan fingerprint density at radius 3 is 3.06 bits per heavy atom. The van der Waals surface area contributed by atoms with E-state index in [1.807, 2.05) is 0 Å². The Labute approximate surface area is 104 Å². The number of nitrogens with zero attached hydrogens (tertiary/aromatic N) is 2. The maximum absolute atomic E-state index is 3.74. The zero-order valence-corrected chi connectivity index (χ0v) is 10.9. The molecule has 0 spiro atoms. The SMILES string of the molecule is CN(C)C1CCC2NCCc3cccn3C2C1. The summed E-state index contributed by atoms with van der Waals surface area (Å²) in [6, 6.07) is 6.57. The second-order valence-electron chi connectivity index (χ2n) is 5.72. The molecule has 3 nitrogen and oxygen atoms in total. The van der Waals surface area contributed by atoms with Crippen molar-refractivity contribution in [3.05, 3.63) is 24.0 Å². The number of aromatic nitrogens is 1. The van der Waals surface area contributed by atoms with Crippen LogP contribution in [0.1, 0.15) is 31.0 Å². The van der Waals surface area contributed by atoms with Gasteiger partial charge < -0.3 is 14.8 Å². The van der Waals surface area contributed by atoms with Gasteiger partial charge in [-0.25, -0.2) is 0 Å². The smallest absolute Gasteiger partial charge is 0.0501 e. The number of hydrogen-bond acceptors (Lipinski definition) is 2. The van der Waals surface area contributed by atoms with E-state index in [0.717, 1.165) is 12.6 Å². The Balaban J connectivity index is 1.87. The highest BCUT2D eigenvalue weighted by Gasteiger charge is 2.34. The molecule has 0 amide bonds. The van der Waals surface area contributed by atoms with Gasteiger partial charge in [-0.1, -0.05) is 0 Å². The summed E-state index contributed by atoms with van der Waals surface area (Å²) in [5, 5.41) is 3.74. The molecule has 0 radical (unpaired) electrons. The second kappa shape index (κ2) is 4.46. The van der Waals surface area contributed by atoms with Crippen molar-refractivity contribution in [2.45, 2.75) is 43.8 Å². The van der Waals surface area contributed by atoms with E-state index in [1.54, 1.807) is 0 Å². The molecule has 1 aliphatic carbocycles. The normalized spacial score (nSPS) is 33.0. The van der Waals surface area contributed by atoms with Gasteiger partial charge in [0.1, 0.15) is 0 Å². The molecule has 1 aromatic rings. The zero-order chi connectivity index (χ0) is 11.8. The lowest BCUT2D eigenvalue weighted by atomic mass is 9.86. The maximum atomic E-state index is 3.74. The van der Waals surface area contributed by atoms with Crippen LogP contribution in [0.15, 0.2) is 18.3 Å². The number of rotatable bonds is 1. The van der Waals surface area contributed by atoms with Crippen molar-refractivity contribution >= 4 is 0 Å². The van der Waals surface area contributed by atoms with Crippen molar-refractivity contribution in [2.75, 3.05) is 20.6 Å². The molecule has 1 aliphatic heterocycles. The first-order valence-corrected chi connectivity index (χ1v) is 6.81. The van der Waals surface area contributed by atoms with E-state index in [-0.39, 0.29) is 0 Å². The third-order valence-corrected chi connectivity index (χ3v) is 4.53. The first-order valence-electron chi connectivity index (χ1n) is 6.81. The summed E-state index contributed by atoms with van der Waals surface area (Å²) in [5.41, 5.74) is 1.50. The monoisotopic (exact) mass is 233 g/mol. The van der Waals surface area contributed by atoms with Gasteiger partial charge in [0.25, 0.3) is 0 Å². The molecule has 0 aromatic carbocycles. The average molecular weight is 233 g/mol. The quantitative estimate of drug-likeness (QED) is 0.796. The van der Waals surface area contributed by atoms with Gasteiger partial charge in [0.05, 0.1) is 6.04 Å². The standard InChI is InChI=1S/C14H23N3/c1-16(2)12-5-6-13-14(10-12)17-9-3-4-11(17)7-8-15-13/h3-4,9,12-15H,5-8,10H2,1-2H3. The fraction of sp³-hybridized carbons (Fsp3) is 0.714. The van der Waals surface area contributed by atoms with Crippen LogP contribution in [-0.4, -0.2) is 42.2 Å². The van der Waals surface area contributed by atoms with Crippen molar-refractivity contribution in [2.24, 2.45) is 0 Å². The predicted molar refractivity (Wildman–Crippen MR) is 70.3 cm³/mol. The van der Waals surface area contributed by atoms with E-state index in [2.05, 4.69) is 47.2 Å². The number of hydrogen-bond donors (Lipinski definition) is 1. The molecule has 3 rings (SSSR count). The molecule has 0 saturated heterocycles. The van der Waals surface area contributed by atoms with Crippen LogP contribution in [0.3, 0.4) is 0 Å². The Bertz CT molecular complexity index is 383. The third-order valence-electron chi connectivity index (χ3n) is 4.53. The predicted octanol–water partition coefficient (Wildman–Crippen LogP) is 1.66. The molecule has 3 unspecified atom stereocenters. The second-order valence-corrected chi connectivity index (χ2v) is 5.72. The van der Waals surface area contributed by atoms with Gasteiger partial charge in [-0.3, -0.25) is 0 Å². The molecule has 2 heterocycles. The van der Waals surface area contributed by atoms with Crippen molar-refractivity contribution in [1.82, 2.24) is 14.8 Å². The van der Waals surface area contributed by atoms with Crippen LogP contribution in [0.4, 0.5) is 0 Å². The molecule has 2 aliphatic rings. The third kappa shape index (κ3) is 2.02. The molecule has 1 saturated carbocycles. The van der Waals surface area contributed by atoms with Gasteiger partial charge in [0.2, 0.25) is 0 Å². The molecule has 0 bridgehead atoms. The summed E-state index contributed by atoms with van der Waals surface area (Å²) in [7, 11) is 4.43. The van der Waals surface area contributed by atoms with Crippen LogP contribution in [-0.2, 0) is 6.42 Å². The summed E-state index contributed by atoms with van der Waals surface area (Å²) >= 11 is 0. The van der Waals surface area contributed by atoms with Crippen LogP contribution >= 0.6 is 0 Å². The van der Waals surface area contributed by atoms with Crippen LogP contribution in [0.25, 0.3) is 0 Å². The van der Waals surface area contributed by atoms with Gasteiger partial charge in [-0.2, -0.15) is 0 Å². The summed E-state index contributed by atoms with van der Waals surface area (Å²) in [6.07, 6.45) is 7.37. The van der Waals surface area contributed by atoms with Gasteiger partial charge in [0, 0.05) is 36.9 Å². The van der Waals surface area contributed by atoms with E-state index in [1.165, 1.54) is 31.4 Å². The van der Waals surface area contributed by atoms with Gasteiger partial charge >= 0.3 is 0 Å². The van der Waals surface area contributed by atoms with Crippen molar-refractivity contribution in [3.63, 3.8) is 0 Å².